The van der Waals surface area contributed by atoms with Gasteiger partial charge >= 0.3 is 5.97 Å². The van der Waals surface area contributed by atoms with Crippen LogP contribution in [0.15, 0.2) is 0 Å². The van der Waals surface area contributed by atoms with Crippen molar-refractivity contribution in [3.63, 3.8) is 0 Å². The summed E-state index contributed by atoms with van der Waals surface area (Å²) < 4.78 is 0. The Labute approximate surface area is 145 Å². The van der Waals surface area contributed by atoms with Gasteiger partial charge in [0.1, 0.15) is 0 Å². The zero-order valence-corrected chi connectivity index (χ0v) is 16.1. The van der Waals surface area contributed by atoms with Crippen LogP contribution in [-0.2, 0) is 9.90 Å². The van der Waals surface area contributed by atoms with E-state index in [4.69, 9.17) is 0 Å². The third-order valence-electron chi connectivity index (χ3n) is 5.10. The van der Waals surface area contributed by atoms with Crippen LogP contribution in [0.25, 0.3) is 0 Å². The lowest BCUT2D eigenvalue weighted by Gasteiger charge is -2.23. The third-order valence-corrected chi connectivity index (χ3v) is 5.10. The molecule has 0 aliphatic carbocycles. The Balaban J connectivity index is 4.07. The molecule has 1 unspecified atom stereocenters. The van der Waals surface area contributed by atoms with Gasteiger partial charge in [0.15, 0.2) is 0 Å². The molecule has 1 radical (unpaired) electrons. The molecule has 0 saturated heterocycles. The van der Waals surface area contributed by atoms with Gasteiger partial charge in [-0.25, -0.2) is 9.90 Å². The van der Waals surface area contributed by atoms with Gasteiger partial charge in [0.2, 0.25) is 0 Å². The van der Waals surface area contributed by atoms with Crippen LogP contribution in [0, 0.1) is 11.8 Å². The van der Waals surface area contributed by atoms with Crippen molar-refractivity contribution in [3.05, 3.63) is 0 Å². The van der Waals surface area contributed by atoms with Crippen molar-refractivity contribution in [1.82, 2.24) is 0 Å². The summed E-state index contributed by atoms with van der Waals surface area (Å²) in [4.78, 5) is 11.6. The van der Waals surface area contributed by atoms with E-state index in [-0.39, 0.29) is 5.92 Å². The summed E-state index contributed by atoms with van der Waals surface area (Å²) in [6, 6.07) is 0. The molecule has 23 heavy (non-hydrogen) atoms. The topological polar surface area (TPSA) is 37.0 Å². The van der Waals surface area contributed by atoms with Gasteiger partial charge in [-0.1, -0.05) is 97.8 Å². The fourth-order valence-electron chi connectivity index (χ4n) is 3.52. The first-order chi connectivity index (χ1) is 11.2. The first-order valence-electron chi connectivity index (χ1n) is 10.4. The minimum absolute atomic E-state index is 0.215. The molecule has 0 aromatic carbocycles. The van der Waals surface area contributed by atoms with E-state index in [1.807, 2.05) is 0 Å². The molecule has 0 rings (SSSR count). The fraction of sp³-hybridized carbons (Fsp3) is 0.952. The summed E-state index contributed by atoms with van der Waals surface area (Å²) in [5.74, 6) is -0.678. The molecule has 0 saturated carbocycles. The first kappa shape index (κ1) is 22.5. The quantitative estimate of drug-likeness (QED) is 0.263. The minimum atomic E-state index is -0.801. The molecular formula is C21H41O2. The number of hydrogen-bond acceptors (Lipinski definition) is 1. The lowest BCUT2D eigenvalue weighted by atomic mass is 9.81. The van der Waals surface area contributed by atoms with Crippen molar-refractivity contribution in [2.75, 3.05) is 0 Å². The lowest BCUT2D eigenvalue weighted by molar-refractivity contribution is -0.150. The highest BCUT2D eigenvalue weighted by Gasteiger charge is 2.28. The second-order valence-electron chi connectivity index (χ2n) is 7.23. The maximum absolute atomic E-state index is 11.6. The number of unbranched alkanes of at least 4 members (excludes halogenated alkanes) is 9. The van der Waals surface area contributed by atoms with E-state index >= 15 is 0 Å². The molecule has 1 atom stereocenters. The number of rotatable bonds is 17. The van der Waals surface area contributed by atoms with Gasteiger partial charge in [0, 0.05) is 0 Å². The Morgan fingerprint density at radius 2 is 1.04 bits per heavy atom. The summed E-state index contributed by atoms with van der Waals surface area (Å²) in [6.45, 7) is 6.61. The number of hydrogen-bond donors (Lipinski definition) is 0. The smallest absolute Gasteiger partial charge is 0.247 e. The predicted octanol–water partition coefficient (Wildman–Crippen LogP) is 7.09. The Hall–Kier alpha value is -0.530. The van der Waals surface area contributed by atoms with Crippen LogP contribution in [0.4, 0.5) is 0 Å². The average Bonchev–Trinajstić information content (AvgIpc) is 2.54. The number of carbonyl (C=O) groups excluding carboxylic acids is 1. The predicted molar refractivity (Wildman–Crippen MR) is 99.0 cm³/mol. The summed E-state index contributed by atoms with van der Waals surface area (Å²) in [5.41, 5.74) is 0. The molecular weight excluding hydrogens is 284 g/mol. The number of carbonyl (C=O) groups is 1. The Morgan fingerprint density at radius 1 is 0.609 bits per heavy atom. The van der Waals surface area contributed by atoms with Crippen molar-refractivity contribution in [3.8, 4) is 0 Å². The molecule has 2 nitrogen and oxygen atoms in total. The highest BCUT2D eigenvalue weighted by molar-refractivity contribution is 5.69. The summed E-state index contributed by atoms with van der Waals surface area (Å²) in [5, 5.41) is 11.6. The molecule has 0 amide bonds. The molecule has 137 valence electrons. The molecule has 0 aromatic heterocycles. The standard InChI is InChI=1S/C21H41O2/c1-4-7-10-11-12-13-14-15-18-20(21(22)23)19(16-8-5-2)17-9-6-3/h19-20H,4-18H2,1-3H3. The summed E-state index contributed by atoms with van der Waals surface area (Å²) in [6.07, 6.45) is 17.7. The second-order valence-corrected chi connectivity index (χ2v) is 7.23. The van der Waals surface area contributed by atoms with Crippen LogP contribution in [-0.4, -0.2) is 5.97 Å². The van der Waals surface area contributed by atoms with Crippen molar-refractivity contribution in [1.29, 1.82) is 0 Å². The molecule has 0 aromatic rings. The van der Waals surface area contributed by atoms with Gasteiger partial charge in [0.05, 0.1) is 5.92 Å². The Kier molecular flexibility index (Phi) is 16.0. The van der Waals surface area contributed by atoms with E-state index in [0.717, 1.165) is 51.4 Å². The van der Waals surface area contributed by atoms with Gasteiger partial charge < -0.3 is 0 Å². The van der Waals surface area contributed by atoms with E-state index < -0.39 is 5.97 Å². The van der Waals surface area contributed by atoms with Gasteiger partial charge in [-0.05, 0) is 25.2 Å². The van der Waals surface area contributed by atoms with Gasteiger partial charge in [-0.3, -0.25) is 0 Å². The van der Waals surface area contributed by atoms with Gasteiger partial charge in [0.25, 0.3) is 0 Å². The van der Waals surface area contributed by atoms with Crippen LogP contribution in [0.2, 0.25) is 0 Å². The van der Waals surface area contributed by atoms with E-state index in [9.17, 15) is 9.90 Å². The van der Waals surface area contributed by atoms with Crippen LogP contribution in [0.1, 0.15) is 117 Å². The van der Waals surface area contributed by atoms with E-state index in [2.05, 4.69) is 20.8 Å². The normalized spacial score (nSPS) is 12.7. The van der Waals surface area contributed by atoms with Crippen LogP contribution < -0.4 is 0 Å². The van der Waals surface area contributed by atoms with Crippen LogP contribution >= 0.6 is 0 Å². The van der Waals surface area contributed by atoms with E-state index in [1.54, 1.807) is 0 Å². The molecule has 0 spiro atoms. The first-order valence-corrected chi connectivity index (χ1v) is 10.4. The van der Waals surface area contributed by atoms with Gasteiger partial charge in [-0.15, -0.1) is 0 Å². The molecule has 0 aliphatic rings. The second kappa shape index (κ2) is 16.3. The van der Waals surface area contributed by atoms with Gasteiger partial charge in [-0.2, -0.15) is 0 Å². The molecule has 0 aliphatic heterocycles. The van der Waals surface area contributed by atoms with Crippen molar-refractivity contribution in [2.24, 2.45) is 11.8 Å². The zero-order valence-electron chi connectivity index (χ0n) is 16.1. The minimum Gasteiger partial charge on any atom is -0.247 e. The van der Waals surface area contributed by atoms with E-state index in [0.29, 0.717) is 5.92 Å². The third kappa shape index (κ3) is 12.5. The molecule has 0 N–H and O–H groups in total. The summed E-state index contributed by atoms with van der Waals surface area (Å²) >= 11 is 0. The fourth-order valence-corrected chi connectivity index (χ4v) is 3.52. The van der Waals surface area contributed by atoms with Crippen molar-refractivity contribution >= 4 is 5.97 Å². The SMILES string of the molecule is CCCCCCCCCCC(C([O])=O)C(CCCC)CCCC. The largest absolute Gasteiger partial charge is 0.358 e. The van der Waals surface area contributed by atoms with Crippen molar-refractivity contribution in [2.45, 2.75) is 117 Å². The molecule has 0 fully saturated rings. The van der Waals surface area contributed by atoms with Crippen LogP contribution in [0.3, 0.4) is 0 Å². The van der Waals surface area contributed by atoms with E-state index in [1.165, 1.54) is 44.9 Å². The zero-order chi connectivity index (χ0) is 17.3. The molecule has 0 bridgehead atoms. The maximum atomic E-state index is 11.6. The average molecular weight is 326 g/mol. The lowest BCUT2D eigenvalue weighted by Crippen LogP contribution is -2.23. The highest BCUT2D eigenvalue weighted by Crippen LogP contribution is 2.29. The Morgan fingerprint density at radius 3 is 1.48 bits per heavy atom. The highest BCUT2D eigenvalue weighted by atomic mass is 16.4. The maximum Gasteiger partial charge on any atom is 0.358 e. The monoisotopic (exact) mass is 325 g/mol. The molecule has 2 heteroatoms. The van der Waals surface area contributed by atoms with Crippen LogP contribution in [0.5, 0.6) is 0 Å². The molecule has 0 heterocycles. The summed E-state index contributed by atoms with van der Waals surface area (Å²) in [7, 11) is 0. The Bertz CT molecular complexity index is 255. The van der Waals surface area contributed by atoms with Crippen molar-refractivity contribution < 1.29 is 9.90 Å².